The minimum absolute atomic E-state index is 0.0112. The van der Waals surface area contributed by atoms with Crippen molar-refractivity contribution in [2.45, 2.75) is 45.1 Å². The molecule has 0 aliphatic carbocycles. The zero-order chi connectivity index (χ0) is 18.8. The summed E-state index contributed by atoms with van der Waals surface area (Å²) in [6.45, 7) is 7.26. The molecule has 0 unspecified atom stereocenters. The first kappa shape index (κ1) is 21.0. The molecule has 7 heteroatoms. The van der Waals surface area contributed by atoms with Gasteiger partial charge < -0.3 is 15.4 Å². The van der Waals surface area contributed by atoms with Crippen molar-refractivity contribution in [3.05, 3.63) is 29.3 Å². The Morgan fingerprint density at radius 3 is 2.48 bits per heavy atom. The number of hydrogen-bond acceptors (Lipinski definition) is 5. The Morgan fingerprint density at radius 2 is 1.84 bits per heavy atom. The largest absolute Gasteiger partial charge is 0.456 e. The SMILES string of the molecule is Cc1ccc(SCCC(=O)OCC(=O)NCC(=O)NC(C)C)cc1C. The Balaban J connectivity index is 2.18. The zero-order valence-corrected chi connectivity index (χ0v) is 16.0. The number of ether oxygens (including phenoxy) is 1. The van der Waals surface area contributed by atoms with Crippen LogP contribution in [-0.2, 0) is 19.1 Å². The van der Waals surface area contributed by atoms with Crippen LogP contribution in [0, 0.1) is 13.8 Å². The fourth-order valence-corrected chi connectivity index (χ4v) is 2.81. The van der Waals surface area contributed by atoms with Gasteiger partial charge in [0.2, 0.25) is 5.91 Å². The van der Waals surface area contributed by atoms with E-state index >= 15 is 0 Å². The quantitative estimate of drug-likeness (QED) is 0.516. The van der Waals surface area contributed by atoms with Crippen LogP contribution in [0.1, 0.15) is 31.4 Å². The molecular formula is C18H26N2O4S. The lowest BCUT2D eigenvalue weighted by Crippen LogP contribution is -2.41. The van der Waals surface area contributed by atoms with Crippen LogP contribution in [0.2, 0.25) is 0 Å². The number of carbonyl (C=O) groups excluding carboxylic acids is 3. The van der Waals surface area contributed by atoms with Gasteiger partial charge in [-0.3, -0.25) is 14.4 Å². The first-order chi connectivity index (χ1) is 11.8. The maximum absolute atomic E-state index is 11.6. The van der Waals surface area contributed by atoms with Crippen LogP contribution in [0.3, 0.4) is 0 Å². The summed E-state index contributed by atoms with van der Waals surface area (Å²) >= 11 is 1.57. The molecule has 0 aromatic heterocycles. The fraction of sp³-hybridized carbons (Fsp3) is 0.500. The molecule has 0 saturated heterocycles. The molecule has 0 fully saturated rings. The average Bonchev–Trinajstić information content (AvgIpc) is 2.53. The molecule has 0 bridgehead atoms. The Labute approximate surface area is 153 Å². The summed E-state index contributed by atoms with van der Waals surface area (Å²) < 4.78 is 4.90. The van der Waals surface area contributed by atoms with Gasteiger partial charge in [0.1, 0.15) is 0 Å². The van der Waals surface area contributed by atoms with Gasteiger partial charge in [0.25, 0.3) is 5.91 Å². The van der Waals surface area contributed by atoms with E-state index in [1.165, 1.54) is 11.1 Å². The standard InChI is InChI=1S/C18H26N2O4S/c1-12(2)20-16(21)10-19-17(22)11-24-18(23)7-8-25-15-6-5-13(3)14(4)9-15/h5-6,9,12H,7-8,10-11H2,1-4H3,(H,19,22)(H,20,21). The summed E-state index contributed by atoms with van der Waals surface area (Å²) in [5, 5.41) is 5.05. The highest BCUT2D eigenvalue weighted by molar-refractivity contribution is 7.99. The average molecular weight is 366 g/mol. The highest BCUT2D eigenvalue weighted by Crippen LogP contribution is 2.21. The van der Waals surface area contributed by atoms with Crippen LogP contribution < -0.4 is 10.6 Å². The molecule has 138 valence electrons. The molecule has 0 spiro atoms. The third-order valence-corrected chi connectivity index (χ3v) is 4.31. The van der Waals surface area contributed by atoms with Gasteiger partial charge in [-0.15, -0.1) is 11.8 Å². The highest BCUT2D eigenvalue weighted by atomic mass is 32.2. The van der Waals surface area contributed by atoms with E-state index in [1.807, 2.05) is 26.8 Å². The van der Waals surface area contributed by atoms with E-state index in [4.69, 9.17) is 4.74 Å². The minimum Gasteiger partial charge on any atom is -0.456 e. The number of hydrogen-bond donors (Lipinski definition) is 2. The third kappa shape index (κ3) is 9.14. The smallest absolute Gasteiger partial charge is 0.307 e. The monoisotopic (exact) mass is 366 g/mol. The van der Waals surface area contributed by atoms with E-state index in [-0.39, 0.29) is 31.5 Å². The molecule has 0 saturated carbocycles. The Bertz CT molecular complexity index is 617. The lowest BCUT2D eigenvalue weighted by molar-refractivity contribution is -0.148. The first-order valence-corrected chi connectivity index (χ1v) is 9.18. The van der Waals surface area contributed by atoms with Gasteiger partial charge >= 0.3 is 5.97 Å². The van der Waals surface area contributed by atoms with Gasteiger partial charge in [-0.2, -0.15) is 0 Å². The fourth-order valence-electron chi connectivity index (χ4n) is 1.88. The zero-order valence-electron chi connectivity index (χ0n) is 15.2. The Morgan fingerprint density at radius 1 is 1.12 bits per heavy atom. The number of carbonyl (C=O) groups is 3. The molecule has 6 nitrogen and oxygen atoms in total. The second-order valence-electron chi connectivity index (χ2n) is 6.00. The number of benzene rings is 1. The van der Waals surface area contributed by atoms with Gasteiger partial charge in [-0.25, -0.2) is 0 Å². The number of nitrogens with one attached hydrogen (secondary N) is 2. The number of thioether (sulfide) groups is 1. The van der Waals surface area contributed by atoms with Crippen LogP contribution in [0.4, 0.5) is 0 Å². The van der Waals surface area contributed by atoms with E-state index in [0.29, 0.717) is 5.75 Å². The van der Waals surface area contributed by atoms with Crippen molar-refractivity contribution < 1.29 is 19.1 Å². The van der Waals surface area contributed by atoms with E-state index in [2.05, 4.69) is 29.7 Å². The summed E-state index contributed by atoms with van der Waals surface area (Å²) in [4.78, 5) is 35.7. The summed E-state index contributed by atoms with van der Waals surface area (Å²) in [5.41, 5.74) is 2.45. The lowest BCUT2D eigenvalue weighted by Gasteiger charge is -2.09. The maximum atomic E-state index is 11.6. The van der Waals surface area contributed by atoms with Gasteiger partial charge in [0.15, 0.2) is 6.61 Å². The summed E-state index contributed by atoms with van der Waals surface area (Å²) in [5.74, 6) is -0.619. The second kappa shape index (κ2) is 10.8. The van der Waals surface area contributed by atoms with Crippen molar-refractivity contribution in [3.63, 3.8) is 0 Å². The third-order valence-electron chi connectivity index (χ3n) is 3.31. The molecule has 1 aromatic rings. The molecule has 0 radical (unpaired) electrons. The summed E-state index contributed by atoms with van der Waals surface area (Å²) in [6, 6.07) is 6.17. The van der Waals surface area contributed by atoms with Gasteiger partial charge in [-0.05, 0) is 51.0 Å². The van der Waals surface area contributed by atoms with Crippen LogP contribution in [0.15, 0.2) is 23.1 Å². The molecule has 1 aromatic carbocycles. The number of esters is 1. The number of rotatable bonds is 9. The van der Waals surface area contributed by atoms with E-state index in [1.54, 1.807) is 11.8 Å². The van der Waals surface area contributed by atoms with Crippen molar-refractivity contribution in [1.29, 1.82) is 0 Å². The maximum Gasteiger partial charge on any atom is 0.307 e. The van der Waals surface area contributed by atoms with Gasteiger partial charge in [0, 0.05) is 16.7 Å². The van der Waals surface area contributed by atoms with Gasteiger partial charge in [-0.1, -0.05) is 6.07 Å². The minimum atomic E-state index is -0.492. The van der Waals surface area contributed by atoms with Crippen molar-refractivity contribution in [2.75, 3.05) is 18.9 Å². The Hall–Kier alpha value is -2.02. The van der Waals surface area contributed by atoms with E-state index in [9.17, 15) is 14.4 Å². The van der Waals surface area contributed by atoms with Crippen molar-refractivity contribution in [1.82, 2.24) is 10.6 Å². The molecule has 2 N–H and O–H groups in total. The van der Waals surface area contributed by atoms with Crippen molar-refractivity contribution >= 4 is 29.5 Å². The molecule has 0 aliphatic rings. The second-order valence-corrected chi connectivity index (χ2v) is 7.17. The number of amides is 2. The normalized spacial score (nSPS) is 10.4. The molecule has 25 heavy (non-hydrogen) atoms. The first-order valence-electron chi connectivity index (χ1n) is 8.19. The molecule has 1 rings (SSSR count). The van der Waals surface area contributed by atoms with E-state index in [0.717, 1.165) is 4.90 Å². The predicted octanol–water partition coefficient (Wildman–Crippen LogP) is 1.97. The topological polar surface area (TPSA) is 84.5 Å². The van der Waals surface area contributed by atoms with Crippen molar-refractivity contribution in [2.24, 2.45) is 0 Å². The highest BCUT2D eigenvalue weighted by Gasteiger charge is 2.10. The molecular weight excluding hydrogens is 340 g/mol. The van der Waals surface area contributed by atoms with Crippen LogP contribution >= 0.6 is 11.8 Å². The Kier molecular flexibility index (Phi) is 9.05. The lowest BCUT2D eigenvalue weighted by atomic mass is 10.1. The van der Waals surface area contributed by atoms with Crippen LogP contribution in [0.5, 0.6) is 0 Å². The van der Waals surface area contributed by atoms with Crippen LogP contribution in [0.25, 0.3) is 0 Å². The van der Waals surface area contributed by atoms with Crippen LogP contribution in [-0.4, -0.2) is 42.7 Å². The predicted molar refractivity (Wildman–Crippen MR) is 98.5 cm³/mol. The van der Waals surface area contributed by atoms with E-state index < -0.39 is 11.9 Å². The molecule has 2 amide bonds. The molecule has 0 aliphatic heterocycles. The number of aryl methyl sites for hydroxylation is 2. The van der Waals surface area contributed by atoms with Gasteiger partial charge in [0.05, 0.1) is 13.0 Å². The summed E-state index contributed by atoms with van der Waals surface area (Å²) in [6.07, 6.45) is 0.221. The molecule has 0 heterocycles. The molecule has 0 atom stereocenters. The summed E-state index contributed by atoms with van der Waals surface area (Å²) in [7, 11) is 0. The van der Waals surface area contributed by atoms with Crippen molar-refractivity contribution in [3.8, 4) is 0 Å².